The third-order valence-electron chi connectivity index (χ3n) is 2.18. The molecule has 0 unspecified atom stereocenters. The summed E-state index contributed by atoms with van der Waals surface area (Å²) in [7, 11) is 0. The van der Waals surface area contributed by atoms with Gasteiger partial charge in [-0.1, -0.05) is 15.9 Å². The van der Waals surface area contributed by atoms with E-state index in [9.17, 15) is 13.2 Å². The molecule has 2 rings (SSSR count). The number of halogens is 4. The molecule has 100 valence electrons. The molecule has 1 aromatic heterocycles. The number of aromatic nitrogens is 1. The van der Waals surface area contributed by atoms with Crippen LogP contribution in [-0.4, -0.2) is 4.98 Å². The van der Waals surface area contributed by atoms with Crippen molar-refractivity contribution in [2.24, 2.45) is 0 Å². The molecule has 0 aliphatic heterocycles. The lowest BCUT2D eigenvalue weighted by Gasteiger charge is -2.08. The zero-order valence-electron chi connectivity index (χ0n) is 9.41. The Hall–Kier alpha value is -1.76. The number of ether oxygens (including phenoxy) is 1. The van der Waals surface area contributed by atoms with Gasteiger partial charge in [-0.05, 0) is 18.2 Å². The maximum absolute atomic E-state index is 12.3. The van der Waals surface area contributed by atoms with Crippen LogP contribution in [0.3, 0.4) is 0 Å². The second kappa shape index (κ2) is 5.08. The highest BCUT2D eigenvalue weighted by molar-refractivity contribution is 9.10. The number of nitrogens with zero attached hydrogens (tertiary/aromatic N) is 1. The zero-order valence-corrected chi connectivity index (χ0v) is 11.0. The molecule has 0 bridgehead atoms. The average molecular weight is 333 g/mol. The van der Waals surface area contributed by atoms with E-state index in [1.807, 2.05) is 0 Å². The molecule has 1 aromatic carbocycles. The molecule has 0 fully saturated rings. The standard InChI is InChI=1S/C12H8BrF3N2O/c13-8-3-9(17)5-10(4-8)19-11-2-1-7(6-18-11)12(14,15)16/h1-6H,17H2. The Morgan fingerprint density at radius 1 is 1.16 bits per heavy atom. The first-order valence-electron chi connectivity index (χ1n) is 5.12. The molecule has 0 amide bonds. The van der Waals surface area contributed by atoms with Crippen molar-refractivity contribution >= 4 is 21.6 Å². The third-order valence-corrected chi connectivity index (χ3v) is 2.64. The van der Waals surface area contributed by atoms with Gasteiger partial charge in [-0.25, -0.2) is 4.98 Å². The highest BCUT2D eigenvalue weighted by atomic mass is 79.9. The van der Waals surface area contributed by atoms with E-state index in [0.29, 0.717) is 15.9 Å². The number of hydrogen-bond acceptors (Lipinski definition) is 3. The van der Waals surface area contributed by atoms with Gasteiger partial charge in [-0.3, -0.25) is 0 Å². The van der Waals surface area contributed by atoms with Crippen molar-refractivity contribution in [3.05, 3.63) is 46.6 Å². The quantitative estimate of drug-likeness (QED) is 0.837. The summed E-state index contributed by atoms with van der Waals surface area (Å²) < 4.78 is 43.1. The summed E-state index contributed by atoms with van der Waals surface area (Å²) in [6.07, 6.45) is -3.69. The van der Waals surface area contributed by atoms with Gasteiger partial charge < -0.3 is 10.5 Å². The van der Waals surface area contributed by atoms with Crippen molar-refractivity contribution in [3.8, 4) is 11.6 Å². The number of nitrogen functional groups attached to an aromatic ring is 1. The topological polar surface area (TPSA) is 48.1 Å². The van der Waals surface area contributed by atoms with Crippen LogP contribution >= 0.6 is 15.9 Å². The van der Waals surface area contributed by atoms with E-state index in [1.54, 1.807) is 18.2 Å². The summed E-state index contributed by atoms with van der Waals surface area (Å²) in [6, 6.07) is 6.91. The third kappa shape index (κ3) is 3.60. The molecule has 0 saturated heterocycles. The first-order valence-corrected chi connectivity index (χ1v) is 5.91. The predicted molar refractivity (Wildman–Crippen MR) is 67.9 cm³/mol. The Morgan fingerprint density at radius 2 is 1.89 bits per heavy atom. The van der Waals surface area contributed by atoms with Gasteiger partial charge in [0.05, 0.1) is 5.56 Å². The van der Waals surface area contributed by atoms with Crippen molar-refractivity contribution in [2.75, 3.05) is 5.73 Å². The smallest absolute Gasteiger partial charge is 0.417 e. The molecule has 1 heterocycles. The van der Waals surface area contributed by atoms with E-state index in [0.717, 1.165) is 18.3 Å². The summed E-state index contributed by atoms with van der Waals surface area (Å²) in [5, 5.41) is 0. The average Bonchev–Trinajstić information content (AvgIpc) is 2.26. The Morgan fingerprint density at radius 3 is 2.42 bits per heavy atom. The van der Waals surface area contributed by atoms with Crippen LogP contribution in [0.4, 0.5) is 18.9 Å². The lowest BCUT2D eigenvalue weighted by atomic mass is 10.3. The number of anilines is 1. The number of nitrogens with two attached hydrogens (primary N) is 1. The van der Waals surface area contributed by atoms with E-state index < -0.39 is 11.7 Å². The van der Waals surface area contributed by atoms with E-state index in [2.05, 4.69) is 20.9 Å². The summed E-state index contributed by atoms with van der Waals surface area (Å²) in [6.45, 7) is 0. The van der Waals surface area contributed by atoms with E-state index >= 15 is 0 Å². The van der Waals surface area contributed by atoms with Crippen LogP contribution in [0.5, 0.6) is 11.6 Å². The summed E-state index contributed by atoms with van der Waals surface area (Å²) in [5.41, 5.74) is 5.26. The van der Waals surface area contributed by atoms with Crippen molar-refractivity contribution in [3.63, 3.8) is 0 Å². The van der Waals surface area contributed by atoms with E-state index in [1.165, 1.54) is 0 Å². The Bertz CT molecular complexity index is 564. The van der Waals surface area contributed by atoms with Crippen molar-refractivity contribution in [2.45, 2.75) is 6.18 Å². The van der Waals surface area contributed by atoms with Gasteiger partial charge in [0, 0.05) is 28.5 Å². The molecular formula is C12H8BrF3N2O. The molecule has 0 spiro atoms. The summed E-state index contributed by atoms with van der Waals surface area (Å²) in [4.78, 5) is 3.60. The largest absolute Gasteiger partial charge is 0.439 e. The number of benzene rings is 1. The molecule has 0 radical (unpaired) electrons. The molecule has 7 heteroatoms. The number of rotatable bonds is 2. The van der Waals surface area contributed by atoms with Gasteiger partial charge >= 0.3 is 6.18 Å². The first kappa shape index (κ1) is 13.7. The monoisotopic (exact) mass is 332 g/mol. The molecular weight excluding hydrogens is 325 g/mol. The van der Waals surface area contributed by atoms with Gasteiger partial charge in [0.2, 0.25) is 5.88 Å². The Kier molecular flexibility index (Phi) is 3.66. The van der Waals surface area contributed by atoms with Gasteiger partial charge in [-0.15, -0.1) is 0 Å². The SMILES string of the molecule is Nc1cc(Br)cc(Oc2ccc(C(F)(F)F)cn2)c1. The first-order chi connectivity index (χ1) is 8.84. The number of alkyl halides is 3. The van der Waals surface area contributed by atoms with Crippen molar-refractivity contribution in [1.82, 2.24) is 4.98 Å². The normalized spacial score (nSPS) is 11.4. The second-order valence-electron chi connectivity index (χ2n) is 3.71. The zero-order chi connectivity index (χ0) is 14.0. The molecule has 0 saturated carbocycles. The lowest BCUT2D eigenvalue weighted by molar-refractivity contribution is -0.137. The fraction of sp³-hybridized carbons (Fsp3) is 0.0833. The minimum atomic E-state index is -4.41. The second-order valence-corrected chi connectivity index (χ2v) is 4.62. The van der Waals surface area contributed by atoms with Crippen molar-refractivity contribution < 1.29 is 17.9 Å². The minimum Gasteiger partial charge on any atom is -0.439 e. The van der Waals surface area contributed by atoms with Crippen LogP contribution in [0.2, 0.25) is 0 Å². The van der Waals surface area contributed by atoms with E-state index in [4.69, 9.17) is 10.5 Å². The van der Waals surface area contributed by atoms with Crippen LogP contribution in [0.15, 0.2) is 41.0 Å². The van der Waals surface area contributed by atoms with Crippen molar-refractivity contribution in [1.29, 1.82) is 0 Å². The highest BCUT2D eigenvalue weighted by Crippen LogP contribution is 2.31. The Labute approximate surface area is 115 Å². The fourth-order valence-electron chi connectivity index (χ4n) is 1.37. The minimum absolute atomic E-state index is 0.0606. The van der Waals surface area contributed by atoms with E-state index in [-0.39, 0.29) is 5.88 Å². The van der Waals surface area contributed by atoms with Gasteiger partial charge in [-0.2, -0.15) is 13.2 Å². The van der Waals surface area contributed by atoms with Crippen LogP contribution in [0.25, 0.3) is 0 Å². The molecule has 0 aliphatic rings. The summed E-state index contributed by atoms with van der Waals surface area (Å²) in [5.74, 6) is 0.449. The maximum Gasteiger partial charge on any atom is 0.417 e. The van der Waals surface area contributed by atoms with Crippen LogP contribution in [0.1, 0.15) is 5.56 Å². The molecule has 19 heavy (non-hydrogen) atoms. The Balaban J connectivity index is 2.20. The fourth-order valence-corrected chi connectivity index (χ4v) is 1.86. The highest BCUT2D eigenvalue weighted by Gasteiger charge is 2.30. The molecule has 0 atom stereocenters. The summed E-state index contributed by atoms with van der Waals surface area (Å²) >= 11 is 3.23. The van der Waals surface area contributed by atoms with Gasteiger partial charge in [0.15, 0.2) is 0 Å². The molecule has 2 aromatic rings. The molecule has 3 nitrogen and oxygen atoms in total. The van der Waals surface area contributed by atoms with Gasteiger partial charge in [0.25, 0.3) is 0 Å². The maximum atomic E-state index is 12.3. The molecule has 2 N–H and O–H groups in total. The lowest BCUT2D eigenvalue weighted by Crippen LogP contribution is -2.05. The number of hydrogen-bond donors (Lipinski definition) is 1. The predicted octanol–water partition coefficient (Wildman–Crippen LogP) is 4.24. The van der Waals surface area contributed by atoms with Crippen LogP contribution in [0, 0.1) is 0 Å². The van der Waals surface area contributed by atoms with Gasteiger partial charge in [0.1, 0.15) is 5.75 Å². The van der Waals surface area contributed by atoms with Crippen LogP contribution < -0.4 is 10.5 Å². The number of pyridine rings is 1. The molecule has 0 aliphatic carbocycles. The van der Waals surface area contributed by atoms with Crippen LogP contribution in [-0.2, 0) is 6.18 Å².